The van der Waals surface area contributed by atoms with Gasteiger partial charge in [0.2, 0.25) is 0 Å². The SMILES string of the molecule is NC1(Cc2ccnn2C2CCNCC2)CC1. The minimum atomic E-state index is 0.0880. The van der Waals surface area contributed by atoms with E-state index in [4.69, 9.17) is 5.73 Å². The zero-order chi connectivity index (χ0) is 11.0. The van der Waals surface area contributed by atoms with E-state index in [2.05, 4.69) is 21.2 Å². The van der Waals surface area contributed by atoms with Crippen LogP contribution in [0.5, 0.6) is 0 Å². The van der Waals surface area contributed by atoms with E-state index in [1.54, 1.807) is 0 Å². The summed E-state index contributed by atoms with van der Waals surface area (Å²) in [6.07, 6.45) is 7.63. The Kier molecular flexibility index (Phi) is 2.48. The first-order valence-corrected chi connectivity index (χ1v) is 6.29. The first-order valence-electron chi connectivity index (χ1n) is 6.29. The number of nitrogens with two attached hydrogens (primary N) is 1. The Labute approximate surface area is 96.2 Å². The van der Waals surface area contributed by atoms with E-state index in [0.717, 1.165) is 19.5 Å². The molecule has 0 unspecified atom stereocenters. The Hall–Kier alpha value is -0.870. The molecular formula is C12H20N4. The topological polar surface area (TPSA) is 55.9 Å². The van der Waals surface area contributed by atoms with Gasteiger partial charge < -0.3 is 11.1 Å². The molecular weight excluding hydrogens is 200 g/mol. The summed E-state index contributed by atoms with van der Waals surface area (Å²) in [5, 5.41) is 7.88. The number of hydrogen-bond donors (Lipinski definition) is 2. The lowest BCUT2D eigenvalue weighted by Crippen LogP contribution is -2.32. The van der Waals surface area contributed by atoms with E-state index in [1.807, 2.05) is 6.20 Å². The summed E-state index contributed by atoms with van der Waals surface area (Å²) in [7, 11) is 0. The van der Waals surface area contributed by atoms with Crippen LogP contribution in [-0.2, 0) is 6.42 Å². The third-order valence-electron chi connectivity index (χ3n) is 3.83. The second-order valence-corrected chi connectivity index (χ2v) is 5.29. The largest absolute Gasteiger partial charge is 0.325 e. The van der Waals surface area contributed by atoms with Gasteiger partial charge in [0.05, 0.1) is 6.04 Å². The standard InChI is InChI=1S/C12H20N4/c13-12(4-5-12)9-11-3-8-15-16(11)10-1-6-14-7-2-10/h3,8,10,14H,1-2,4-7,9,13H2. The van der Waals surface area contributed by atoms with Gasteiger partial charge in [0.15, 0.2) is 0 Å². The molecule has 2 heterocycles. The van der Waals surface area contributed by atoms with Crippen LogP contribution in [0.25, 0.3) is 0 Å². The summed E-state index contributed by atoms with van der Waals surface area (Å²) in [6.45, 7) is 2.22. The fourth-order valence-electron chi connectivity index (χ4n) is 2.56. The lowest BCUT2D eigenvalue weighted by atomic mass is 10.1. The van der Waals surface area contributed by atoms with Crippen LogP contribution >= 0.6 is 0 Å². The van der Waals surface area contributed by atoms with Crippen LogP contribution in [0, 0.1) is 0 Å². The monoisotopic (exact) mass is 220 g/mol. The number of rotatable bonds is 3. The molecule has 16 heavy (non-hydrogen) atoms. The van der Waals surface area contributed by atoms with Gasteiger partial charge in [-0.25, -0.2) is 0 Å². The van der Waals surface area contributed by atoms with E-state index < -0.39 is 0 Å². The molecule has 88 valence electrons. The quantitative estimate of drug-likeness (QED) is 0.793. The van der Waals surface area contributed by atoms with E-state index in [1.165, 1.54) is 31.4 Å². The fraction of sp³-hybridized carbons (Fsp3) is 0.750. The molecule has 3 N–H and O–H groups in total. The zero-order valence-corrected chi connectivity index (χ0v) is 9.65. The average molecular weight is 220 g/mol. The Morgan fingerprint density at radius 1 is 1.44 bits per heavy atom. The lowest BCUT2D eigenvalue weighted by Gasteiger charge is -2.25. The van der Waals surface area contributed by atoms with Crippen molar-refractivity contribution in [2.24, 2.45) is 5.73 Å². The summed E-state index contributed by atoms with van der Waals surface area (Å²) in [6, 6.07) is 2.71. The van der Waals surface area contributed by atoms with Crippen molar-refractivity contribution in [1.82, 2.24) is 15.1 Å². The second kappa shape index (κ2) is 3.86. The highest BCUT2D eigenvalue weighted by Crippen LogP contribution is 2.36. The molecule has 0 radical (unpaired) electrons. The van der Waals surface area contributed by atoms with Gasteiger partial charge in [-0.2, -0.15) is 5.10 Å². The van der Waals surface area contributed by atoms with Crippen molar-refractivity contribution >= 4 is 0 Å². The normalized spacial score (nSPS) is 24.6. The van der Waals surface area contributed by atoms with E-state index in [0.29, 0.717) is 6.04 Å². The summed E-state index contributed by atoms with van der Waals surface area (Å²) in [5.74, 6) is 0. The van der Waals surface area contributed by atoms with Gasteiger partial charge >= 0.3 is 0 Å². The highest BCUT2D eigenvalue weighted by molar-refractivity contribution is 5.13. The average Bonchev–Trinajstić information content (AvgIpc) is 2.86. The summed E-state index contributed by atoms with van der Waals surface area (Å²) >= 11 is 0. The summed E-state index contributed by atoms with van der Waals surface area (Å²) in [4.78, 5) is 0. The highest BCUT2D eigenvalue weighted by atomic mass is 15.3. The van der Waals surface area contributed by atoms with Crippen molar-refractivity contribution in [2.45, 2.75) is 43.7 Å². The molecule has 0 amide bonds. The van der Waals surface area contributed by atoms with Crippen LogP contribution in [0.4, 0.5) is 0 Å². The number of nitrogens with one attached hydrogen (secondary N) is 1. The number of piperidine rings is 1. The molecule has 0 aromatic carbocycles. The molecule has 1 aliphatic carbocycles. The summed E-state index contributed by atoms with van der Waals surface area (Å²) < 4.78 is 2.22. The maximum Gasteiger partial charge on any atom is 0.0546 e. The number of nitrogens with zero attached hydrogens (tertiary/aromatic N) is 2. The van der Waals surface area contributed by atoms with E-state index >= 15 is 0 Å². The Morgan fingerprint density at radius 3 is 2.88 bits per heavy atom. The van der Waals surface area contributed by atoms with Crippen molar-refractivity contribution < 1.29 is 0 Å². The molecule has 1 aromatic heterocycles. The fourth-order valence-corrected chi connectivity index (χ4v) is 2.56. The van der Waals surface area contributed by atoms with Crippen LogP contribution in [-0.4, -0.2) is 28.4 Å². The van der Waals surface area contributed by atoms with Gasteiger partial charge in [-0.3, -0.25) is 4.68 Å². The molecule has 0 bridgehead atoms. The van der Waals surface area contributed by atoms with Crippen LogP contribution in [0.1, 0.15) is 37.4 Å². The first-order chi connectivity index (χ1) is 7.77. The highest BCUT2D eigenvalue weighted by Gasteiger charge is 2.39. The van der Waals surface area contributed by atoms with Crippen LogP contribution in [0.15, 0.2) is 12.3 Å². The Balaban J connectivity index is 1.75. The molecule has 2 fully saturated rings. The molecule has 2 aliphatic rings. The number of hydrogen-bond acceptors (Lipinski definition) is 3. The van der Waals surface area contributed by atoms with Gasteiger partial charge in [0.1, 0.15) is 0 Å². The molecule has 4 nitrogen and oxygen atoms in total. The van der Waals surface area contributed by atoms with Gasteiger partial charge in [-0.05, 0) is 44.8 Å². The predicted molar refractivity (Wildman–Crippen MR) is 63.2 cm³/mol. The third kappa shape index (κ3) is 1.99. The van der Waals surface area contributed by atoms with Crippen LogP contribution in [0.2, 0.25) is 0 Å². The lowest BCUT2D eigenvalue weighted by molar-refractivity contribution is 0.333. The molecule has 4 heteroatoms. The molecule has 1 saturated heterocycles. The first kappa shape index (κ1) is 10.3. The molecule has 0 atom stereocenters. The van der Waals surface area contributed by atoms with Crippen molar-refractivity contribution in [3.05, 3.63) is 18.0 Å². The predicted octanol–water partition coefficient (Wildman–Crippen LogP) is 0.841. The Bertz CT molecular complexity index is 361. The number of aromatic nitrogens is 2. The van der Waals surface area contributed by atoms with Crippen LogP contribution < -0.4 is 11.1 Å². The zero-order valence-electron chi connectivity index (χ0n) is 9.65. The van der Waals surface area contributed by atoms with E-state index in [-0.39, 0.29) is 5.54 Å². The van der Waals surface area contributed by atoms with Crippen molar-refractivity contribution in [3.8, 4) is 0 Å². The maximum absolute atomic E-state index is 6.18. The van der Waals surface area contributed by atoms with Gasteiger partial charge in [0.25, 0.3) is 0 Å². The van der Waals surface area contributed by atoms with Gasteiger partial charge in [-0.15, -0.1) is 0 Å². The van der Waals surface area contributed by atoms with Gasteiger partial charge in [-0.1, -0.05) is 0 Å². The van der Waals surface area contributed by atoms with Crippen molar-refractivity contribution in [1.29, 1.82) is 0 Å². The minimum absolute atomic E-state index is 0.0880. The van der Waals surface area contributed by atoms with Crippen molar-refractivity contribution in [3.63, 3.8) is 0 Å². The van der Waals surface area contributed by atoms with E-state index in [9.17, 15) is 0 Å². The second-order valence-electron chi connectivity index (χ2n) is 5.29. The summed E-state index contributed by atoms with van der Waals surface area (Å²) in [5.41, 5.74) is 7.60. The molecule has 1 saturated carbocycles. The van der Waals surface area contributed by atoms with Crippen molar-refractivity contribution in [2.75, 3.05) is 13.1 Å². The molecule has 0 spiro atoms. The molecule has 1 aromatic rings. The Morgan fingerprint density at radius 2 is 2.19 bits per heavy atom. The third-order valence-corrected chi connectivity index (χ3v) is 3.83. The maximum atomic E-state index is 6.18. The molecule has 3 rings (SSSR count). The van der Waals surface area contributed by atoms with Gasteiger partial charge in [0, 0.05) is 23.9 Å². The molecule has 1 aliphatic heterocycles. The van der Waals surface area contributed by atoms with Crippen LogP contribution in [0.3, 0.4) is 0 Å². The smallest absolute Gasteiger partial charge is 0.0546 e. The minimum Gasteiger partial charge on any atom is -0.325 e.